The van der Waals surface area contributed by atoms with E-state index in [1.165, 1.54) is 0 Å². The highest BCUT2D eigenvalue weighted by molar-refractivity contribution is 5.30. The molecular weight excluding hydrogens is 216 g/mol. The van der Waals surface area contributed by atoms with Crippen LogP contribution in [0.2, 0.25) is 0 Å². The van der Waals surface area contributed by atoms with Crippen LogP contribution in [0.3, 0.4) is 0 Å². The second-order valence-electron chi connectivity index (χ2n) is 3.83. The third kappa shape index (κ3) is 4.73. The highest BCUT2D eigenvalue weighted by atomic mass is 16.5. The summed E-state index contributed by atoms with van der Waals surface area (Å²) in [5.41, 5.74) is 6.87. The zero-order chi connectivity index (χ0) is 12.5. The summed E-state index contributed by atoms with van der Waals surface area (Å²) in [6.45, 7) is 4.11. The summed E-state index contributed by atoms with van der Waals surface area (Å²) in [4.78, 5) is 0. The van der Waals surface area contributed by atoms with E-state index in [0.29, 0.717) is 13.2 Å². The standard InChI is InChI=1S/C13H22N2O2/c1-2-17-12-6-3-5-11(9-12)13(10-14)15-7-4-8-16/h3,5-6,9,13,15-16H,2,4,7-8,10,14H2,1H3. The van der Waals surface area contributed by atoms with Crippen molar-refractivity contribution in [3.8, 4) is 5.75 Å². The Hall–Kier alpha value is -1.10. The molecule has 0 bridgehead atoms. The van der Waals surface area contributed by atoms with Crippen LogP contribution in [0, 0.1) is 0 Å². The molecule has 4 nitrogen and oxygen atoms in total. The normalized spacial score (nSPS) is 12.4. The second-order valence-corrected chi connectivity index (χ2v) is 3.83. The Bertz CT molecular complexity index is 318. The fourth-order valence-corrected chi connectivity index (χ4v) is 1.68. The molecule has 0 aromatic heterocycles. The van der Waals surface area contributed by atoms with Crippen molar-refractivity contribution in [2.24, 2.45) is 5.73 Å². The third-order valence-electron chi connectivity index (χ3n) is 2.53. The molecule has 0 amide bonds. The maximum Gasteiger partial charge on any atom is 0.119 e. The molecule has 0 aliphatic heterocycles. The third-order valence-corrected chi connectivity index (χ3v) is 2.53. The molecule has 0 fully saturated rings. The van der Waals surface area contributed by atoms with Crippen molar-refractivity contribution in [1.82, 2.24) is 5.32 Å². The van der Waals surface area contributed by atoms with Crippen LogP contribution in [0.4, 0.5) is 0 Å². The first-order valence-corrected chi connectivity index (χ1v) is 6.08. The summed E-state index contributed by atoms with van der Waals surface area (Å²) in [6, 6.07) is 8.06. The fourth-order valence-electron chi connectivity index (χ4n) is 1.68. The van der Waals surface area contributed by atoms with Crippen molar-refractivity contribution in [3.05, 3.63) is 29.8 Å². The lowest BCUT2D eigenvalue weighted by molar-refractivity contribution is 0.283. The molecule has 0 aliphatic carbocycles. The predicted octanol–water partition coefficient (Wildman–Crippen LogP) is 1.06. The molecule has 0 radical (unpaired) electrons. The van der Waals surface area contributed by atoms with Gasteiger partial charge in [0, 0.05) is 19.2 Å². The smallest absolute Gasteiger partial charge is 0.119 e. The maximum absolute atomic E-state index is 8.75. The Morgan fingerprint density at radius 1 is 1.47 bits per heavy atom. The Kier molecular flexibility index (Phi) is 6.62. The average Bonchev–Trinajstić information content (AvgIpc) is 2.35. The number of aliphatic hydroxyl groups excluding tert-OH is 1. The molecule has 17 heavy (non-hydrogen) atoms. The number of nitrogens with one attached hydrogen (secondary N) is 1. The fraction of sp³-hybridized carbons (Fsp3) is 0.538. The van der Waals surface area contributed by atoms with E-state index in [1.807, 2.05) is 31.2 Å². The Labute approximate surface area is 103 Å². The monoisotopic (exact) mass is 238 g/mol. The SMILES string of the molecule is CCOc1cccc(C(CN)NCCCO)c1. The summed E-state index contributed by atoms with van der Waals surface area (Å²) in [6.07, 6.45) is 0.738. The molecule has 1 atom stereocenters. The van der Waals surface area contributed by atoms with Gasteiger partial charge in [0.05, 0.1) is 6.61 Å². The quantitative estimate of drug-likeness (QED) is 0.592. The van der Waals surface area contributed by atoms with Crippen molar-refractivity contribution < 1.29 is 9.84 Å². The van der Waals surface area contributed by atoms with Gasteiger partial charge in [-0.3, -0.25) is 0 Å². The minimum atomic E-state index is 0.113. The van der Waals surface area contributed by atoms with Crippen LogP contribution in [0.15, 0.2) is 24.3 Å². The van der Waals surface area contributed by atoms with Gasteiger partial charge in [-0.2, -0.15) is 0 Å². The molecule has 0 aliphatic rings. The van der Waals surface area contributed by atoms with Crippen molar-refractivity contribution >= 4 is 0 Å². The first-order chi connectivity index (χ1) is 8.31. The van der Waals surface area contributed by atoms with Gasteiger partial charge >= 0.3 is 0 Å². The van der Waals surface area contributed by atoms with E-state index in [0.717, 1.165) is 24.3 Å². The van der Waals surface area contributed by atoms with Crippen LogP contribution in [-0.4, -0.2) is 31.4 Å². The minimum Gasteiger partial charge on any atom is -0.494 e. The molecule has 0 heterocycles. The Balaban J connectivity index is 2.63. The van der Waals surface area contributed by atoms with Crippen molar-refractivity contribution in [2.75, 3.05) is 26.3 Å². The van der Waals surface area contributed by atoms with Crippen LogP contribution < -0.4 is 15.8 Å². The number of hydrogen-bond acceptors (Lipinski definition) is 4. The molecule has 1 unspecified atom stereocenters. The molecule has 1 aromatic rings. The molecule has 0 spiro atoms. The largest absolute Gasteiger partial charge is 0.494 e. The Morgan fingerprint density at radius 3 is 2.94 bits per heavy atom. The van der Waals surface area contributed by atoms with Crippen LogP contribution in [0.1, 0.15) is 24.9 Å². The van der Waals surface area contributed by atoms with E-state index in [9.17, 15) is 0 Å². The first kappa shape index (κ1) is 14.0. The topological polar surface area (TPSA) is 67.5 Å². The van der Waals surface area contributed by atoms with Gasteiger partial charge in [-0.1, -0.05) is 12.1 Å². The van der Waals surface area contributed by atoms with Crippen LogP contribution in [-0.2, 0) is 0 Å². The highest BCUT2D eigenvalue weighted by Gasteiger charge is 2.09. The van der Waals surface area contributed by atoms with E-state index in [-0.39, 0.29) is 12.6 Å². The maximum atomic E-state index is 8.75. The number of benzene rings is 1. The molecular formula is C13H22N2O2. The van der Waals surface area contributed by atoms with E-state index in [2.05, 4.69) is 5.32 Å². The zero-order valence-corrected chi connectivity index (χ0v) is 10.4. The van der Waals surface area contributed by atoms with Gasteiger partial charge in [-0.15, -0.1) is 0 Å². The Morgan fingerprint density at radius 2 is 2.29 bits per heavy atom. The van der Waals surface area contributed by atoms with Crippen LogP contribution in [0.5, 0.6) is 5.75 Å². The molecule has 1 rings (SSSR count). The predicted molar refractivity (Wildman–Crippen MR) is 69.1 cm³/mol. The molecule has 4 N–H and O–H groups in total. The van der Waals surface area contributed by atoms with Gasteiger partial charge in [0.15, 0.2) is 0 Å². The number of aliphatic hydroxyl groups is 1. The van der Waals surface area contributed by atoms with Gasteiger partial charge in [0.2, 0.25) is 0 Å². The number of ether oxygens (including phenoxy) is 1. The van der Waals surface area contributed by atoms with E-state index in [1.54, 1.807) is 0 Å². The summed E-state index contributed by atoms with van der Waals surface area (Å²) in [5.74, 6) is 0.868. The number of hydrogen-bond donors (Lipinski definition) is 3. The molecule has 1 aromatic carbocycles. The lowest BCUT2D eigenvalue weighted by Crippen LogP contribution is -2.29. The summed E-state index contributed by atoms with van der Waals surface area (Å²) >= 11 is 0. The summed E-state index contributed by atoms with van der Waals surface area (Å²) in [5, 5.41) is 12.1. The molecule has 96 valence electrons. The van der Waals surface area contributed by atoms with Crippen molar-refractivity contribution in [3.63, 3.8) is 0 Å². The van der Waals surface area contributed by atoms with Gasteiger partial charge in [-0.25, -0.2) is 0 Å². The molecule has 0 saturated carbocycles. The van der Waals surface area contributed by atoms with E-state index < -0.39 is 0 Å². The first-order valence-electron chi connectivity index (χ1n) is 6.08. The number of rotatable bonds is 8. The number of nitrogens with two attached hydrogens (primary N) is 1. The van der Waals surface area contributed by atoms with Gasteiger partial charge in [0.25, 0.3) is 0 Å². The van der Waals surface area contributed by atoms with Gasteiger partial charge < -0.3 is 20.9 Å². The van der Waals surface area contributed by atoms with Gasteiger partial charge in [0.1, 0.15) is 5.75 Å². The highest BCUT2D eigenvalue weighted by Crippen LogP contribution is 2.18. The second kappa shape index (κ2) is 8.06. The van der Waals surface area contributed by atoms with Crippen LogP contribution >= 0.6 is 0 Å². The molecule has 0 saturated heterocycles. The summed E-state index contributed by atoms with van der Waals surface area (Å²) in [7, 11) is 0. The summed E-state index contributed by atoms with van der Waals surface area (Å²) < 4.78 is 5.46. The van der Waals surface area contributed by atoms with E-state index >= 15 is 0 Å². The van der Waals surface area contributed by atoms with Crippen molar-refractivity contribution in [1.29, 1.82) is 0 Å². The van der Waals surface area contributed by atoms with E-state index in [4.69, 9.17) is 15.6 Å². The zero-order valence-electron chi connectivity index (χ0n) is 10.4. The average molecular weight is 238 g/mol. The minimum absolute atomic E-state index is 0.113. The lowest BCUT2D eigenvalue weighted by atomic mass is 10.1. The molecule has 4 heteroatoms. The van der Waals surface area contributed by atoms with Crippen LogP contribution in [0.25, 0.3) is 0 Å². The van der Waals surface area contributed by atoms with Gasteiger partial charge in [-0.05, 0) is 37.6 Å². The lowest BCUT2D eigenvalue weighted by Gasteiger charge is -2.17. The van der Waals surface area contributed by atoms with Crippen molar-refractivity contribution in [2.45, 2.75) is 19.4 Å².